The van der Waals surface area contributed by atoms with Gasteiger partial charge in [0.25, 0.3) is 0 Å². The summed E-state index contributed by atoms with van der Waals surface area (Å²) in [4.78, 5) is 2.23. The van der Waals surface area contributed by atoms with Crippen LogP contribution in [-0.2, 0) is 0 Å². The molecule has 0 spiro atoms. The molecule has 0 fully saturated rings. The first-order valence-electron chi connectivity index (χ1n) is 12.1. The van der Waals surface area contributed by atoms with Crippen molar-refractivity contribution in [3.63, 3.8) is 0 Å². The minimum atomic E-state index is -0.122. The fourth-order valence-corrected chi connectivity index (χ4v) is 5.13. The normalized spacial score (nSPS) is 16.8. The summed E-state index contributed by atoms with van der Waals surface area (Å²) in [6.07, 6.45) is 2.11. The number of hydrogen-bond donors (Lipinski definition) is 0. The van der Waals surface area contributed by atoms with Crippen LogP contribution in [-0.4, -0.2) is 39.4 Å². The highest BCUT2D eigenvalue weighted by molar-refractivity contribution is 5.87. The van der Waals surface area contributed by atoms with Crippen LogP contribution >= 0.6 is 0 Å². The van der Waals surface area contributed by atoms with E-state index in [2.05, 4.69) is 64.3 Å². The third kappa shape index (κ3) is 4.35. The number of ether oxygens (including phenoxy) is 4. The molecule has 4 aromatic rings. The summed E-state index contributed by atoms with van der Waals surface area (Å²) in [5.74, 6) is 2.88. The van der Waals surface area contributed by atoms with Crippen LogP contribution < -0.4 is 23.8 Å². The molecule has 6 heteroatoms. The van der Waals surface area contributed by atoms with Crippen molar-refractivity contribution in [2.24, 2.45) is 0 Å². The third-order valence-corrected chi connectivity index (χ3v) is 6.75. The molecule has 0 aromatic heterocycles. The molecule has 0 saturated heterocycles. The molecular weight excluding hydrogens is 464 g/mol. The first-order chi connectivity index (χ1) is 18.2. The Morgan fingerprint density at radius 1 is 0.541 bits per heavy atom. The van der Waals surface area contributed by atoms with Gasteiger partial charge in [-0.1, -0.05) is 72.8 Å². The number of para-hydroxylation sites is 2. The van der Waals surface area contributed by atoms with E-state index in [1.165, 1.54) is 0 Å². The molecule has 1 heterocycles. The number of methoxy groups -OCH3 is 4. The van der Waals surface area contributed by atoms with Crippen LogP contribution in [0.15, 0.2) is 97.1 Å². The van der Waals surface area contributed by atoms with Crippen LogP contribution in [0.3, 0.4) is 0 Å². The summed E-state index contributed by atoms with van der Waals surface area (Å²) in [6.45, 7) is 0. The lowest BCUT2D eigenvalue weighted by molar-refractivity contribution is -0.482. The Labute approximate surface area is 217 Å². The van der Waals surface area contributed by atoms with E-state index in [-0.39, 0.29) is 12.1 Å². The zero-order chi connectivity index (χ0) is 25.8. The predicted octanol–water partition coefficient (Wildman–Crippen LogP) is 6.40. The van der Waals surface area contributed by atoms with Crippen LogP contribution in [0.4, 0.5) is 11.4 Å². The van der Waals surface area contributed by atoms with Gasteiger partial charge in [-0.05, 0) is 24.3 Å². The van der Waals surface area contributed by atoms with Gasteiger partial charge in [-0.15, -0.1) is 0 Å². The summed E-state index contributed by atoms with van der Waals surface area (Å²) in [6, 6.07) is 32.4. The monoisotopic (exact) mass is 495 g/mol. The molecule has 0 bridgehead atoms. The second-order valence-electron chi connectivity index (χ2n) is 8.66. The average Bonchev–Trinajstić information content (AvgIpc) is 3.36. The van der Waals surface area contributed by atoms with E-state index in [4.69, 9.17) is 18.9 Å². The maximum Gasteiger partial charge on any atom is 0.246 e. The molecule has 0 radical (unpaired) electrons. The van der Waals surface area contributed by atoms with Crippen molar-refractivity contribution >= 4 is 17.7 Å². The second kappa shape index (κ2) is 10.7. The molecule has 188 valence electrons. The van der Waals surface area contributed by atoms with Gasteiger partial charge in [-0.3, -0.25) is 0 Å². The van der Waals surface area contributed by atoms with Gasteiger partial charge in [-0.2, -0.15) is 0 Å². The van der Waals surface area contributed by atoms with Crippen molar-refractivity contribution in [1.82, 2.24) is 0 Å². The Balaban J connectivity index is 1.84. The van der Waals surface area contributed by atoms with Gasteiger partial charge < -0.3 is 18.9 Å². The van der Waals surface area contributed by atoms with Crippen LogP contribution in [0.2, 0.25) is 0 Å². The molecule has 0 aliphatic carbocycles. The molecule has 37 heavy (non-hydrogen) atoms. The fourth-order valence-electron chi connectivity index (χ4n) is 5.13. The molecule has 0 saturated carbocycles. The average molecular weight is 496 g/mol. The zero-order valence-corrected chi connectivity index (χ0v) is 21.5. The lowest BCUT2D eigenvalue weighted by Gasteiger charge is -2.26. The highest BCUT2D eigenvalue weighted by Gasteiger charge is 2.49. The van der Waals surface area contributed by atoms with Crippen molar-refractivity contribution in [2.75, 3.05) is 33.3 Å². The predicted molar refractivity (Wildman–Crippen MR) is 146 cm³/mol. The van der Waals surface area contributed by atoms with Crippen LogP contribution in [0.25, 0.3) is 0 Å². The molecule has 1 aliphatic heterocycles. The summed E-state index contributed by atoms with van der Waals surface area (Å²) in [5, 5.41) is 0. The minimum Gasteiger partial charge on any atom is -0.492 e. The Bertz CT molecular complexity index is 1340. The number of nitrogens with zero attached hydrogens (tertiary/aromatic N) is 2. The van der Waals surface area contributed by atoms with Gasteiger partial charge >= 0.3 is 0 Å². The molecule has 1 aliphatic rings. The smallest absolute Gasteiger partial charge is 0.246 e. The van der Waals surface area contributed by atoms with Gasteiger partial charge in [-0.25, -0.2) is 9.48 Å². The summed E-state index contributed by atoms with van der Waals surface area (Å²) < 4.78 is 25.6. The van der Waals surface area contributed by atoms with Crippen molar-refractivity contribution in [3.05, 3.63) is 108 Å². The molecule has 2 unspecified atom stereocenters. The Morgan fingerprint density at radius 3 is 1.49 bits per heavy atom. The van der Waals surface area contributed by atoms with Crippen molar-refractivity contribution in [2.45, 2.75) is 12.1 Å². The molecule has 5 rings (SSSR count). The van der Waals surface area contributed by atoms with Gasteiger partial charge in [0.2, 0.25) is 17.7 Å². The first-order valence-corrected chi connectivity index (χ1v) is 12.1. The van der Waals surface area contributed by atoms with Crippen molar-refractivity contribution in [3.8, 4) is 23.0 Å². The Morgan fingerprint density at radius 2 is 1.00 bits per heavy atom. The minimum absolute atomic E-state index is 0.122. The molecule has 4 aromatic carbocycles. The molecule has 2 atom stereocenters. The Hall–Kier alpha value is -4.45. The lowest BCUT2D eigenvalue weighted by Crippen LogP contribution is -2.27. The first kappa shape index (κ1) is 24.3. The van der Waals surface area contributed by atoms with E-state index in [0.29, 0.717) is 0 Å². The number of benzene rings is 4. The lowest BCUT2D eigenvalue weighted by atomic mass is 9.92. The van der Waals surface area contributed by atoms with Gasteiger partial charge in [0.15, 0.2) is 35.1 Å². The highest BCUT2D eigenvalue weighted by atomic mass is 16.5. The molecule has 6 nitrogen and oxygen atoms in total. The number of rotatable bonds is 8. The highest BCUT2D eigenvalue weighted by Crippen LogP contribution is 2.52. The summed E-state index contributed by atoms with van der Waals surface area (Å²) >= 11 is 0. The van der Waals surface area contributed by atoms with Crippen molar-refractivity contribution in [1.29, 1.82) is 0 Å². The van der Waals surface area contributed by atoms with Crippen LogP contribution in [0.1, 0.15) is 23.2 Å². The zero-order valence-electron chi connectivity index (χ0n) is 21.5. The Kier molecular flexibility index (Phi) is 6.99. The topological polar surface area (TPSA) is 43.2 Å². The third-order valence-electron chi connectivity index (χ3n) is 6.75. The van der Waals surface area contributed by atoms with Gasteiger partial charge in [0, 0.05) is 11.1 Å². The maximum absolute atomic E-state index is 5.85. The quantitative estimate of drug-likeness (QED) is 0.265. The molecular formula is C31H31N2O4+. The van der Waals surface area contributed by atoms with E-state index >= 15 is 0 Å². The van der Waals surface area contributed by atoms with E-state index in [1.807, 2.05) is 48.5 Å². The van der Waals surface area contributed by atoms with E-state index in [9.17, 15) is 0 Å². The molecule has 0 N–H and O–H groups in total. The van der Waals surface area contributed by atoms with Gasteiger partial charge in [0.05, 0.1) is 28.4 Å². The largest absolute Gasteiger partial charge is 0.492 e. The van der Waals surface area contributed by atoms with E-state index < -0.39 is 0 Å². The summed E-state index contributed by atoms with van der Waals surface area (Å²) in [5.41, 5.74) is 3.99. The maximum atomic E-state index is 5.85. The fraction of sp³-hybridized carbons (Fsp3) is 0.194. The van der Waals surface area contributed by atoms with E-state index in [0.717, 1.165) is 45.5 Å². The molecule has 0 amide bonds. The van der Waals surface area contributed by atoms with Crippen LogP contribution in [0.5, 0.6) is 23.0 Å². The van der Waals surface area contributed by atoms with E-state index in [1.54, 1.807) is 28.4 Å². The SMILES string of the molecule is COc1cccc(OC)c1N1C=[N+](c2c(OC)cccc2OC)C(c2ccccc2)C1c1ccccc1. The van der Waals surface area contributed by atoms with Crippen LogP contribution in [0, 0.1) is 0 Å². The van der Waals surface area contributed by atoms with Crippen molar-refractivity contribution < 1.29 is 23.5 Å². The standard InChI is InChI=1S/C31H31N2O4/c1-34-24-17-11-18-25(35-2)30(24)32-21-33(31-26(36-3)19-12-20-27(31)37-4)29(23-15-9-6-10-16-23)28(32)22-13-7-5-8-14-22/h5-21,28-29H,1-4H3/q+1. The van der Waals surface area contributed by atoms with Gasteiger partial charge in [0.1, 0.15) is 0 Å². The number of anilines is 1. The number of hydrogen-bond acceptors (Lipinski definition) is 5. The second-order valence-corrected chi connectivity index (χ2v) is 8.66. The summed E-state index contributed by atoms with van der Waals surface area (Å²) in [7, 11) is 6.73.